The Morgan fingerprint density at radius 3 is 2.68 bits per heavy atom. The summed E-state index contributed by atoms with van der Waals surface area (Å²) >= 11 is 3.34. The van der Waals surface area contributed by atoms with Crippen LogP contribution < -0.4 is 32.6 Å². The number of fused-ring (bicyclic) bond motifs is 1. The van der Waals surface area contributed by atoms with Crippen molar-refractivity contribution in [3.8, 4) is 0 Å². The maximum Gasteiger partial charge on any atom is 0.344 e. The van der Waals surface area contributed by atoms with Crippen LogP contribution in [0.1, 0.15) is 11.3 Å². The number of nitrogens with one attached hydrogen (secondary N) is 2. The predicted octanol–water partition coefficient (Wildman–Crippen LogP) is -1.88. The van der Waals surface area contributed by atoms with Crippen molar-refractivity contribution < 1.29 is 38.9 Å². The number of hydrogen-bond acceptors (Lipinski definition) is 15. The Labute approximate surface area is 244 Å². The van der Waals surface area contributed by atoms with Crippen molar-refractivity contribution in [2.24, 2.45) is 10.6 Å². The third-order valence-corrected chi connectivity index (χ3v) is 9.83. The van der Waals surface area contributed by atoms with E-state index >= 15 is 0 Å². The first-order valence-electron chi connectivity index (χ1n) is 11.8. The number of amides is 2. The van der Waals surface area contributed by atoms with Crippen molar-refractivity contribution in [3.05, 3.63) is 16.6 Å². The second kappa shape index (κ2) is 11.8. The molecule has 220 valence electrons. The molecule has 2 aromatic rings. The van der Waals surface area contributed by atoms with Gasteiger partial charge in [0.15, 0.2) is 10.8 Å². The quantitative estimate of drug-likeness (QED) is 0.0273. The van der Waals surface area contributed by atoms with E-state index in [0.717, 1.165) is 23.1 Å². The molecule has 20 heteroatoms. The Morgan fingerprint density at radius 2 is 2.07 bits per heavy atom. The van der Waals surface area contributed by atoms with E-state index in [1.807, 2.05) is 0 Å². The van der Waals surface area contributed by atoms with Crippen LogP contribution in [0.25, 0.3) is 0 Å². The van der Waals surface area contributed by atoms with E-state index in [1.54, 1.807) is 14.0 Å². The van der Waals surface area contributed by atoms with E-state index in [2.05, 4.69) is 25.8 Å². The number of aromatic nitrogens is 3. The number of carbonyl (C=O) groups excluding carboxylic acids is 2. The lowest BCUT2D eigenvalue weighted by atomic mass is 9.89. The van der Waals surface area contributed by atoms with Crippen LogP contribution in [0.2, 0.25) is 0 Å². The summed E-state index contributed by atoms with van der Waals surface area (Å²) in [7, 11) is 1.67. The monoisotopic (exact) mass is 627 g/mol. The Kier molecular flexibility index (Phi) is 8.63. The summed E-state index contributed by atoms with van der Waals surface area (Å²) in [4.78, 5) is 63.7. The van der Waals surface area contributed by atoms with Gasteiger partial charge in [-0.05, 0) is 18.7 Å². The molecule has 41 heavy (non-hydrogen) atoms. The SMILES string of the molecule is CNc1c(C)c(N)nc(SCC2(C(=O)O)CS[C@@H]3C(NC(=O)C(=NOCC(=O)O)c4csc(N)n4)C(=O)N3C2)[n+]1N. The number of nitrogens with two attached hydrogens (primary N) is 3. The standard InChI is InChI=1S/C21H26N10O7S3/c1-8-13(22)28-20(31(24)14(8)25-2)41-7-21(18(36)37)5-30-16(35)12(17(30)40-6-21)27-15(34)11(29-38-3-10(32)33)9-4-39-19(23)26-9/h4,12,17H,3,5-7,24H2,1-2H3,(H7,22,23,25,26,27,32,33,34,36,37)/p+1/t12?,17-,21?/m1/s1. The predicted molar refractivity (Wildman–Crippen MR) is 151 cm³/mol. The normalized spacial score (nSPS) is 22.0. The first kappa shape index (κ1) is 29.9. The fourth-order valence-electron chi connectivity index (χ4n) is 4.12. The number of thiazole rings is 1. The molecule has 0 bridgehead atoms. The highest BCUT2D eigenvalue weighted by atomic mass is 32.2. The van der Waals surface area contributed by atoms with Gasteiger partial charge in [0, 0.05) is 30.5 Å². The van der Waals surface area contributed by atoms with Gasteiger partial charge in [-0.1, -0.05) is 10.1 Å². The van der Waals surface area contributed by atoms with Crippen LogP contribution in [0.15, 0.2) is 15.7 Å². The molecule has 0 saturated carbocycles. The van der Waals surface area contributed by atoms with Gasteiger partial charge in [-0.25, -0.2) is 9.78 Å². The Morgan fingerprint density at radius 1 is 1.34 bits per heavy atom. The molecule has 2 aliphatic heterocycles. The van der Waals surface area contributed by atoms with Gasteiger partial charge in [0.25, 0.3) is 11.7 Å². The van der Waals surface area contributed by atoms with Crippen LogP contribution in [-0.2, 0) is 24.0 Å². The van der Waals surface area contributed by atoms with Crippen LogP contribution >= 0.6 is 34.9 Å². The van der Waals surface area contributed by atoms with Crippen LogP contribution in [0.4, 0.5) is 16.8 Å². The number of carboxylic acids is 2. The summed E-state index contributed by atoms with van der Waals surface area (Å²) in [5.74, 6) is 3.38. The number of oxime groups is 1. The molecule has 17 nitrogen and oxygen atoms in total. The molecule has 2 unspecified atom stereocenters. The highest BCUT2D eigenvalue weighted by molar-refractivity contribution is 8.00. The fourth-order valence-corrected chi connectivity index (χ4v) is 7.45. The molecule has 2 aromatic heterocycles. The maximum atomic E-state index is 13.1. The molecule has 10 N–H and O–H groups in total. The summed E-state index contributed by atoms with van der Waals surface area (Å²) < 4.78 is 1.29. The van der Waals surface area contributed by atoms with Gasteiger partial charge in [-0.2, -0.15) is 0 Å². The molecule has 0 aromatic carbocycles. The van der Waals surface area contributed by atoms with E-state index in [-0.39, 0.29) is 40.4 Å². The van der Waals surface area contributed by atoms with E-state index in [1.165, 1.54) is 26.7 Å². The highest BCUT2D eigenvalue weighted by Crippen LogP contribution is 2.44. The van der Waals surface area contributed by atoms with E-state index < -0.39 is 47.2 Å². The lowest BCUT2D eigenvalue weighted by molar-refractivity contribution is -0.668. The molecular formula is C21H27N10O7S3+. The number of nitrogen functional groups attached to an aromatic ring is 3. The third-order valence-electron chi connectivity index (χ3n) is 6.33. The second-order valence-electron chi connectivity index (χ2n) is 9.04. The van der Waals surface area contributed by atoms with Crippen molar-refractivity contribution >= 4 is 81.1 Å². The number of carbonyl (C=O) groups is 4. The van der Waals surface area contributed by atoms with Gasteiger partial charge in [0.1, 0.15) is 22.5 Å². The van der Waals surface area contributed by atoms with Gasteiger partial charge in [0.2, 0.25) is 18.3 Å². The minimum Gasteiger partial charge on any atom is -0.481 e. The van der Waals surface area contributed by atoms with Crippen LogP contribution in [0, 0.1) is 12.3 Å². The minimum absolute atomic E-state index is 0.0427. The largest absolute Gasteiger partial charge is 0.481 e. The van der Waals surface area contributed by atoms with Crippen LogP contribution in [0.5, 0.6) is 0 Å². The molecule has 2 fully saturated rings. The molecule has 0 spiro atoms. The molecule has 2 amide bonds. The Hall–Kier alpha value is -4.04. The van der Waals surface area contributed by atoms with Gasteiger partial charge in [-0.3, -0.25) is 20.2 Å². The van der Waals surface area contributed by atoms with E-state index in [0.29, 0.717) is 16.5 Å². The smallest absolute Gasteiger partial charge is 0.344 e. The second-order valence-corrected chi connectivity index (χ2v) is 12.0. The number of nitrogens with zero attached hydrogens (tertiary/aromatic N) is 5. The molecule has 2 saturated heterocycles. The molecule has 0 aliphatic carbocycles. The Balaban J connectivity index is 1.46. The summed E-state index contributed by atoms with van der Waals surface area (Å²) in [6, 6.07) is -0.976. The summed E-state index contributed by atoms with van der Waals surface area (Å²) in [5, 5.41) is 29.4. The van der Waals surface area contributed by atoms with E-state index in [9.17, 15) is 24.3 Å². The fraction of sp³-hybridized carbons (Fsp3) is 0.429. The lowest BCUT2D eigenvalue weighted by Gasteiger charge is -2.53. The van der Waals surface area contributed by atoms with Gasteiger partial charge >= 0.3 is 17.1 Å². The first-order chi connectivity index (χ1) is 19.4. The van der Waals surface area contributed by atoms with Crippen LogP contribution in [-0.4, -0.2) is 97.7 Å². The number of anilines is 3. The van der Waals surface area contributed by atoms with Crippen LogP contribution in [0.3, 0.4) is 0 Å². The molecular weight excluding hydrogens is 600 g/mol. The summed E-state index contributed by atoms with van der Waals surface area (Å²) in [5.41, 5.74) is 10.6. The Bertz CT molecular complexity index is 1440. The average molecular weight is 628 g/mol. The molecule has 0 radical (unpaired) electrons. The molecule has 4 heterocycles. The third kappa shape index (κ3) is 5.88. The van der Waals surface area contributed by atoms with Crippen molar-refractivity contribution in [1.29, 1.82) is 0 Å². The number of hydrogen-bond donors (Lipinski definition) is 7. The molecule has 3 atom stereocenters. The van der Waals surface area contributed by atoms with Crippen molar-refractivity contribution in [1.82, 2.24) is 20.2 Å². The number of aliphatic carboxylic acids is 2. The summed E-state index contributed by atoms with van der Waals surface area (Å²) in [6.07, 6.45) is 0. The van der Waals surface area contributed by atoms with Gasteiger partial charge in [-0.15, -0.1) is 27.8 Å². The number of rotatable bonds is 11. The first-order valence-corrected chi connectivity index (χ1v) is 14.7. The zero-order chi connectivity index (χ0) is 30.1. The van der Waals surface area contributed by atoms with E-state index in [4.69, 9.17) is 27.3 Å². The van der Waals surface area contributed by atoms with Crippen molar-refractivity contribution in [2.45, 2.75) is 23.5 Å². The number of β-lactam (4-membered cyclic amide) rings is 1. The van der Waals surface area contributed by atoms with Crippen molar-refractivity contribution in [2.75, 3.05) is 54.3 Å². The number of thioether (sulfide) groups is 2. The lowest BCUT2D eigenvalue weighted by Crippen LogP contribution is -2.74. The summed E-state index contributed by atoms with van der Waals surface area (Å²) in [6.45, 7) is 0.844. The number of carboxylic acid groups (broad SMARTS) is 2. The molecule has 4 rings (SSSR count). The zero-order valence-corrected chi connectivity index (χ0v) is 24.1. The highest BCUT2D eigenvalue weighted by Gasteiger charge is 2.57. The van der Waals surface area contributed by atoms with Crippen molar-refractivity contribution in [3.63, 3.8) is 0 Å². The van der Waals surface area contributed by atoms with Gasteiger partial charge < -0.3 is 42.1 Å². The van der Waals surface area contributed by atoms with Gasteiger partial charge in [0.05, 0.1) is 5.56 Å². The molecule has 2 aliphatic rings. The maximum absolute atomic E-state index is 13.1. The zero-order valence-electron chi connectivity index (χ0n) is 21.7. The minimum atomic E-state index is -1.33. The average Bonchev–Trinajstić information content (AvgIpc) is 3.36. The topological polar surface area (TPSA) is 265 Å².